The van der Waals surface area contributed by atoms with E-state index in [9.17, 15) is 14.7 Å². The van der Waals surface area contributed by atoms with E-state index in [1.807, 2.05) is 32.0 Å². The van der Waals surface area contributed by atoms with Gasteiger partial charge in [-0.3, -0.25) is 9.78 Å². The number of aryl methyl sites for hydroxylation is 2. The van der Waals surface area contributed by atoms with Crippen LogP contribution < -0.4 is 5.32 Å². The Morgan fingerprint density at radius 3 is 2.55 bits per heavy atom. The third-order valence-electron chi connectivity index (χ3n) is 3.51. The zero-order valence-corrected chi connectivity index (χ0v) is 12.5. The molecule has 0 saturated heterocycles. The highest BCUT2D eigenvalue weighted by Crippen LogP contribution is 2.12. The monoisotopic (exact) mass is 298 g/mol. The second-order valence-corrected chi connectivity index (χ2v) is 5.20. The quantitative estimate of drug-likeness (QED) is 0.886. The van der Waals surface area contributed by atoms with Crippen molar-refractivity contribution in [3.63, 3.8) is 0 Å². The molecule has 0 aliphatic rings. The van der Waals surface area contributed by atoms with E-state index in [0.29, 0.717) is 0 Å². The van der Waals surface area contributed by atoms with E-state index in [0.717, 1.165) is 16.7 Å². The largest absolute Gasteiger partial charge is 0.480 e. The van der Waals surface area contributed by atoms with Crippen molar-refractivity contribution in [3.05, 3.63) is 65.0 Å². The summed E-state index contributed by atoms with van der Waals surface area (Å²) in [6.45, 7) is 3.97. The van der Waals surface area contributed by atoms with Gasteiger partial charge in [0.15, 0.2) is 0 Å². The molecule has 0 spiro atoms. The molecule has 0 aliphatic heterocycles. The molecule has 114 valence electrons. The number of amides is 1. The molecule has 2 N–H and O–H groups in total. The molecule has 0 aliphatic carbocycles. The summed E-state index contributed by atoms with van der Waals surface area (Å²) in [5.74, 6) is -1.56. The first kappa shape index (κ1) is 15.7. The molecular formula is C17H18N2O3. The highest BCUT2D eigenvalue weighted by molar-refractivity contribution is 5.94. The molecule has 0 radical (unpaired) electrons. The Labute approximate surface area is 129 Å². The Hall–Kier alpha value is -2.69. The van der Waals surface area contributed by atoms with Crippen LogP contribution in [-0.4, -0.2) is 28.0 Å². The van der Waals surface area contributed by atoms with Crippen LogP contribution >= 0.6 is 0 Å². The van der Waals surface area contributed by atoms with Gasteiger partial charge < -0.3 is 10.4 Å². The van der Waals surface area contributed by atoms with Gasteiger partial charge in [-0.25, -0.2) is 4.79 Å². The number of rotatable bonds is 5. The van der Waals surface area contributed by atoms with E-state index in [2.05, 4.69) is 10.3 Å². The summed E-state index contributed by atoms with van der Waals surface area (Å²) >= 11 is 0. The number of aromatic nitrogens is 1. The second-order valence-electron chi connectivity index (χ2n) is 5.20. The van der Waals surface area contributed by atoms with Crippen LogP contribution in [0.2, 0.25) is 0 Å². The van der Waals surface area contributed by atoms with Gasteiger partial charge >= 0.3 is 5.97 Å². The van der Waals surface area contributed by atoms with Crippen molar-refractivity contribution in [2.75, 3.05) is 0 Å². The first-order valence-electron chi connectivity index (χ1n) is 6.98. The Bertz CT molecular complexity index is 684. The summed E-state index contributed by atoms with van der Waals surface area (Å²) in [4.78, 5) is 27.3. The number of carbonyl (C=O) groups excluding carboxylic acids is 1. The lowest BCUT2D eigenvalue weighted by Crippen LogP contribution is -2.42. The van der Waals surface area contributed by atoms with Crippen molar-refractivity contribution in [1.82, 2.24) is 10.3 Å². The smallest absolute Gasteiger partial charge is 0.326 e. The van der Waals surface area contributed by atoms with Crippen molar-refractivity contribution in [2.45, 2.75) is 26.3 Å². The lowest BCUT2D eigenvalue weighted by atomic mass is 10.0. The Morgan fingerprint density at radius 1 is 1.18 bits per heavy atom. The summed E-state index contributed by atoms with van der Waals surface area (Å²) in [6, 6.07) is 9.70. The number of carboxylic acid groups (broad SMARTS) is 1. The van der Waals surface area contributed by atoms with E-state index >= 15 is 0 Å². The zero-order valence-electron chi connectivity index (χ0n) is 12.5. The molecule has 1 amide bonds. The van der Waals surface area contributed by atoms with Crippen LogP contribution in [0.5, 0.6) is 0 Å². The maximum atomic E-state index is 12.0. The van der Waals surface area contributed by atoms with Crippen molar-refractivity contribution >= 4 is 11.9 Å². The SMILES string of the molecule is Cc1ccc(C[C@@H](NC(=O)c2ccccn2)C(=O)O)cc1C. The number of aliphatic carboxylic acids is 1. The molecule has 22 heavy (non-hydrogen) atoms. The van der Waals surface area contributed by atoms with Crippen LogP contribution in [0, 0.1) is 13.8 Å². The van der Waals surface area contributed by atoms with Crippen LogP contribution in [0.3, 0.4) is 0 Å². The van der Waals surface area contributed by atoms with Crippen molar-refractivity contribution < 1.29 is 14.7 Å². The lowest BCUT2D eigenvalue weighted by molar-refractivity contribution is -0.139. The second kappa shape index (κ2) is 6.85. The van der Waals surface area contributed by atoms with Crippen molar-refractivity contribution in [3.8, 4) is 0 Å². The Kier molecular flexibility index (Phi) is 4.88. The molecule has 2 aromatic rings. The van der Waals surface area contributed by atoms with Crippen LogP contribution in [0.4, 0.5) is 0 Å². The zero-order chi connectivity index (χ0) is 16.1. The number of pyridine rings is 1. The molecular weight excluding hydrogens is 280 g/mol. The Balaban J connectivity index is 2.12. The van der Waals surface area contributed by atoms with Gasteiger partial charge in [0.2, 0.25) is 0 Å². The molecule has 5 nitrogen and oxygen atoms in total. The van der Waals surface area contributed by atoms with Gasteiger partial charge in [0.1, 0.15) is 11.7 Å². The summed E-state index contributed by atoms with van der Waals surface area (Å²) < 4.78 is 0. The number of hydrogen-bond donors (Lipinski definition) is 2. The minimum Gasteiger partial charge on any atom is -0.480 e. The highest BCUT2D eigenvalue weighted by atomic mass is 16.4. The van der Waals surface area contributed by atoms with Crippen LogP contribution in [-0.2, 0) is 11.2 Å². The van der Waals surface area contributed by atoms with Gasteiger partial charge in [-0.2, -0.15) is 0 Å². The first-order valence-corrected chi connectivity index (χ1v) is 6.98. The average Bonchev–Trinajstić information content (AvgIpc) is 2.51. The third-order valence-corrected chi connectivity index (χ3v) is 3.51. The molecule has 0 saturated carbocycles. The van der Waals surface area contributed by atoms with Gasteiger partial charge in [0.05, 0.1) is 0 Å². The van der Waals surface area contributed by atoms with Crippen molar-refractivity contribution in [2.24, 2.45) is 0 Å². The fraction of sp³-hybridized carbons (Fsp3) is 0.235. The van der Waals surface area contributed by atoms with Crippen LogP contribution in [0.1, 0.15) is 27.2 Å². The standard InChI is InChI=1S/C17H18N2O3/c1-11-6-7-13(9-12(11)2)10-15(17(21)22)19-16(20)14-5-3-4-8-18-14/h3-9,15H,10H2,1-2H3,(H,19,20)(H,21,22)/t15-/m1/s1. The van der Waals surface area contributed by atoms with Gasteiger partial charge in [-0.1, -0.05) is 24.3 Å². The van der Waals surface area contributed by atoms with Gasteiger partial charge in [-0.15, -0.1) is 0 Å². The predicted molar refractivity (Wildman–Crippen MR) is 82.7 cm³/mol. The fourth-order valence-corrected chi connectivity index (χ4v) is 2.10. The number of hydrogen-bond acceptors (Lipinski definition) is 3. The summed E-state index contributed by atoms with van der Waals surface area (Å²) in [7, 11) is 0. The van der Waals surface area contributed by atoms with Gasteiger partial charge in [0.25, 0.3) is 5.91 Å². The van der Waals surface area contributed by atoms with Crippen LogP contribution in [0.15, 0.2) is 42.6 Å². The van der Waals surface area contributed by atoms with E-state index in [4.69, 9.17) is 0 Å². The van der Waals surface area contributed by atoms with Gasteiger partial charge in [0, 0.05) is 12.6 Å². The molecule has 0 fully saturated rings. The number of carboxylic acids is 1. The molecule has 1 atom stereocenters. The molecule has 0 bridgehead atoms. The normalized spacial score (nSPS) is 11.7. The summed E-state index contributed by atoms with van der Waals surface area (Å²) in [5, 5.41) is 11.8. The first-order chi connectivity index (χ1) is 10.5. The molecule has 1 aromatic carbocycles. The Morgan fingerprint density at radius 2 is 1.95 bits per heavy atom. The maximum Gasteiger partial charge on any atom is 0.326 e. The predicted octanol–water partition coefficient (Wildman–Crippen LogP) is 2.12. The molecule has 2 rings (SSSR count). The fourth-order valence-electron chi connectivity index (χ4n) is 2.10. The summed E-state index contributed by atoms with van der Waals surface area (Å²) in [5.41, 5.74) is 3.32. The lowest BCUT2D eigenvalue weighted by Gasteiger charge is -2.15. The highest BCUT2D eigenvalue weighted by Gasteiger charge is 2.21. The number of carbonyl (C=O) groups is 2. The minimum absolute atomic E-state index is 0.203. The van der Waals surface area contributed by atoms with Gasteiger partial charge in [-0.05, 0) is 42.7 Å². The third kappa shape index (κ3) is 3.91. The van der Waals surface area contributed by atoms with E-state index < -0.39 is 17.9 Å². The number of nitrogens with zero attached hydrogens (tertiary/aromatic N) is 1. The van der Waals surface area contributed by atoms with E-state index in [-0.39, 0.29) is 12.1 Å². The topological polar surface area (TPSA) is 79.3 Å². The minimum atomic E-state index is -1.07. The molecule has 0 unspecified atom stereocenters. The molecule has 1 heterocycles. The summed E-state index contributed by atoms with van der Waals surface area (Å²) in [6.07, 6.45) is 1.73. The van der Waals surface area contributed by atoms with E-state index in [1.165, 1.54) is 6.20 Å². The molecule has 5 heteroatoms. The van der Waals surface area contributed by atoms with E-state index in [1.54, 1.807) is 18.2 Å². The van der Waals surface area contributed by atoms with Crippen LogP contribution in [0.25, 0.3) is 0 Å². The molecule has 1 aromatic heterocycles. The maximum absolute atomic E-state index is 12.0. The average molecular weight is 298 g/mol. The number of nitrogens with one attached hydrogen (secondary N) is 1. The number of benzene rings is 1. The van der Waals surface area contributed by atoms with Crippen molar-refractivity contribution in [1.29, 1.82) is 0 Å².